The highest BCUT2D eigenvalue weighted by Gasteiger charge is 2.45. The lowest BCUT2D eigenvalue weighted by Crippen LogP contribution is -2.32. The Labute approximate surface area is 166 Å². The van der Waals surface area contributed by atoms with Gasteiger partial charge in [0.2, 0.25) is 0 Å². The first-order valence-electron chi connectivity index (χ1n) is 10.2. The standard InChI is InChI=1S/C23H22F4N2/c24-18-5-7-19(8-6-18)29-22-12-15-3-1-2-14-10-17(23(25,26)27)4-9-20(14)21(15)11-16(22)13-28-29/h5-8,11-14,17,20H,1-4,9-10H2. The lowest BCUT2D eigenvalue weighted by molar-refractivity contribution is -0.187. The molecular weight excluding hydrogens is 380 g/mol. The van der Waals surface area contributed by atoms with Gasteiger partial charge in [-0.1, -0.05) is 0 Å². The Hall–Kier alpha value is -2.37. The molecule has 2 aliphatic carbocycles. The molecule has 3 aromatic rings. The summed E-state index contributed by atoms with van der Waals surface area (Å²) in [6.07, 6.45) is 1.42. The second-order valence-electron chi connectivity index (χ2n) is 8.45. The number of halogens is 4. The molecule has 6 heteroatoms. The monoisotopic (exact) mass is 402 g/mol. The number of hydrogen-bond donors (Lipinski definition) is 0. The summed E-state index contributed by atoms with van der Waals surface area (Å²) in [5.41, 5.74) is 4.18. The molecular formula is C23H22F4N2. The third-order valence-electron chi connectivity index (χ3n) is 6.77. The van der Waals surface area contributed by atoms with Crippen molar-refractivity contribution in [1.82, 2.24) is 9.78 Å². The van der Waals surface area contributed by atoms with Gasteiger partial charge in [0.1, 0.15) is 5.82 Å². The second-order valence-corrected chi connectivity index (χ2v) is 8.45. The lowest BCUT2D eigenvalue weighted by atomic mass is 9.70. The zero-order valence-corrected chi connectivity index (χ0v) is 15.9. The number of alkyl halides is 3. The summed E-state index contributed by atoms with van der Waals surface area (Å²) in [5.74, 6) is -1.15. The summed E-state index contributed by atoms with van der Waals surface area (Å²) in [6, 6.07) is 10.5. The fraction of sp³-hybridized carbons (Fsp3) is 0.435. The molecule has 3 unspecified atom stereocenters. The third kappa shape index (κ3) is 3.32. The summed E-state index contributed by atoms with van der Waals surface area (Å²) < 4.78 is 54.9. The average molecular weight is 402 g/mol. The van der Waals surface area contributed by atoms with Crippen LogP contribution in [0.5, 0.6) is 0 Å². The number of benzene rings is 2. The molecule has 1 saturated carbocycles. The maximum atomic E-state index is 13.3. The predicted octanol–water partition coefficient (Wildman–Crippen LogP) is 6.56. The normalized spacial score (nSPS) is 24.8. The minimum atomic E-state index is -4.08. The summed E-state index contributed by atoms with van der Waals surface area (Å²) in [6.45, 7) is 0. The molecule has 1 fully saturated rings. The fourth-order valence-corrected chi connectivity index (χ4v) is 5.33. The quantitative estimate of drug-likeness (QED) is 0.421. The Kier molecular flexibility index (Phi) is 4.41. The van der Waals surface area contributed by atoms with Crippen molar-refractivity contribution in [2.45, 2.75) is 50.6 Å². The molecule has 1 aromatic heterocycles. The summed E-state index contributed by atoms with van der Waals surface area (Å²) in [7, 11) is 0. The number of aryl methyl sites for hydroxylation is 1. The van der Waals surface area contributed by atoms with Gasteiger partial charge in [0.15, 0.2) is 0 Å². The first kappa shape index (κ1) is 18.6. The molecule has 0 spiro atoms. The van der Waals surface area contributed by atoms with Crippen LogP contribution in [0.2, 0.25) is 0 Å². The Morgan fingerprint density at radius 2 is 1.79 bits per heavy atom. The molecule has 0 amide bonds. The van der Waals surface area contributed by atoms with Crippen molar-refractivity contribution in [1.29, 1.82) is 0 Å². The first-order chi connectivity index (χ1) is 13.9. The molecule has 5 rings (SSSR count). The van der Waals surface area contributed by atoms with Crippen LogP contribution < -0.4 is 0 Å². The van der Waals surface area contributed by atoms with Gasteiger partial charge in [-0.3, -0.25) is 0 Å². The van der Waals surface area contributed by atoms with E-state index in [0.717, 1.165) is 35.9 Å². The van der Waals surface area contributed by atoms with Crippen LogP contribution in [-0.4, -0.2) is 16.0 Å². The molecule has 0 aliphatic heterocycles. The average Bonchev–Trinajstić information content (AvgIpc) is 3.01. The Bertz CT molecular complexity index is 1040. The van der Waals surface area contributed by atoms with Gasteiger partial charge in [-0.05, 0) is 97.9 Å². The van der Waals surface area contributed by atoms with E-state index >= 15 is 0 Å². The molecule has 3 atom stereocenters. The highest BCUT2D eigenvalue weighted by Crippen LogP contribution is 2.50. The SMILES string of the molecule is Fc1ccc(-n2ncc3cc4c(cc32)CCCC2CC(C(F)(F)F)CCC42)cc1. The number of fused-ring (bicyclic) bond motifs is 4. The van der Waals surface area contributed by atoms with Gasteiger partial charge >= 0.3 is 6.18 Å². The van der Waals surface area contributed by atoms with Gasteiger partial charge in [0.25, 0.3) is 0 Å². The van der Waals surface area contributed by atoms with Gasteiger partial charge in [-0.2, -0.15) is 18.3 Å². The van der Waals surface area contributed by atoms with Crippen molar-refractivity contribution < 1.29 is 17.6 Å². The zero-order valence-electron chi connectivity index (χ0n) is 15.9. The summed E-state index contributed by atoms with van der Waals surface area (Å²) in [4.78, 5) is 0. The molecule has 2 nitrogen and oxygen atoms in total. The largest absolute Gasteiger partial charge is 0.391 e. The van der Waals surface area contributed by atoms with Crippen LogP contribution in [0.15, 0.2) is 42.6 Å². The van der Waals surface area contributed by atoms with Crippen LogP contribution in [0.3, 0.4) is 0 Å². The number of aromatic nitrogens is 2. The fourth-order valence-electron chi connectivity index (χ4n) is 5.33. The Morgan fingerprint density at radius 3 is 2.55 bits per heavy atom. The molecule has 152 valence electrons. The molecule has 0 saturated heterocycles. The molecule has 2 aliphatic rings. The van der Waals surface area contributed by atoms with Crippen molar-refractivity contribution >= 4 is 10.9 Å². The van der Waals surface area contributed by atoms with Gasteiger partial charge in [0.05, 0.1) is 23.3 Å². The van der Waals surface area contributed by atoms with E-state index in [2.05, 4.69) is 17.2 Å². The first-order valence-corrected chi connectivity index (χ1v) is 10.2. The van der Waals surface area contributed by atoms with Crippen molar-refractivity contribution in [2.24, 2.45) is 11.8 Å². The minimum Gasteiger partial charge on any atom is -0.233 e. The second kappa shape index (κ2) is 6.85. The van der Waals surface area contributed by atoms with Crippen molar-refractivity contribution in [3.63, 3.8) is 0 Å². The number of rotatable bonds is 1. The van der Waals surface area contributed by atoms with E-state index in [1.165, 1.54) is 23.3 Å². The molecule has 0 N–H and O–H groups in total. The minimum absolute atomic E-state index is 0.0984. The highest BCUT2D eigenvalue weighted by molar-refractivity contribution is 5.82. The van der Waals surface area contributed by atoms with Gasteiger partial charge in [-0.15, -0.1) is 0 Å². The van der Waals surface area contributed by atoms with Crippen molar-refractivity contribution in [2.75, 3.05) is 0 Å². The molecule has 0 bridgehead atoms. The topological polar surface area (TPSA) is 17.8 Å². The van der Waals surface area contributed by atoms with E-state index in [1.807, 2.05) is 0 Å². The van der Waals surface area contributed by atoms with Gasteiger partial charge < -0.3 is 0 Å². The molecule has 29 heavy (non-hydrogen) atoms. The highest BCUT2D eigenvalue weighted by atomic mass is 19.4. The molecule has 2 aromatic carbocycles. The van der Waals surface area contributed by atoms with Gasteiger partial charge in [-0.25, -0.2) is 9.07 Å². The summed E-state index contributed by atoms with van der Waals surface area (Å²) >= 11 is 0. The van der Waals surface area contributed by atoms with Crippen molar-refractivity contribution in [3.05, 3.63) is 59.5 Å². The van der Waals surface area contributed by atoms with E-state index in [9.17, 15) is 17.6 Å². The van der Waals surface area contributed by atoms with Crippen molar-refractivity contribution in [3.8, 4) is 5.69 Å². The number of hydrogen-bond acceptors (Lipinski definition) is 1. The maximum absolute atomic E-state index is 13.3. The van der Waals surface area contributed by atoms with E-state index in [1.54, 1.807) is 23.0 Å². The van der Waals surface area contributed by atoms with Crippen LogP contribution >= 0.6 is 0 Å². The molecule has 1 heterocycles. The van der Waals surface area contributed by atoms with Crippen LogP contribution in [0.1, 0.15) is 49.1 Å². The van der Waals surface area contributed by atoms with Crippen LogP contribution in [0, 0.1) is 17.7 Å². The van der Waals surface area contributed by atoms with E-state index < -0.39 is 12.1 Å². The van der Waals surface area contributed by atoms with Crippen LogP contribution in [0.25, 0.3) is 16.6 Å². The molecule has 0 radical (unpaired) electrons. The zero-order chi connectivity index (χ0) is 20.2. The van der Waals surface area contributed by atoms with E-state index in [-0.39, 0.29) is 30.5 Å². The van der Waals surface area contributed by atoms with Crippen LogP contribution in [0.4, 0.5) is 17.6 Å². The van der Waals surface area contributed by atoms with Gasteiger partial charge in [0, 0.05) is 5.39 Å². The smallest absolute Gasteiger partial charge is 0.233 e. The Morgan fingerprint density at radius 1 is 1.00 bits per heavy atom. The van der Waals surface area contributed by atoms with Crippen LogP contribution in [-0.2, 0) is 6.42 Å². The lowest BCUT2D eigenvalue weighted by Gasteiger charge is -2.36. The number of nitrogens with zero attached hydrogens (tertiary/aromatic N) is 2. The Balaban J connectivity index is 1.53. The maximum Gasteiger partial charge on any atom is 0.391 e. The summed E-state index contributed by atoms with van der Waals surface area (Å²) in [5, 5.41) is 5.46. The van der Waals surface area contributed by atoms with E-state index in [4.69, 9.17) is 0 Å². The predicted molar refractivity (Wildman–Crippen MR) is 104 cm³/mol. The third-order valence-corrected chi connectivity index (χ3v) is 6.77. The van der Waals surface area contributed by atoms with E-state index in [0.29, 0.717) is 6.42 Å².